The number of amides is 2. The van der Waals surface area contributed by atoms with Gasteiger partial charge < -0.3 is 15.0 Å². The summed E-state index contributed by atoms with van der Waals surface area (Å²) in [5, 5.41) is 2.67. The monoisotopic (exact) mass is 383 g/mol. The predicted octanol–water partition coefficient (Wildman–Crippen LogP) is 2.59. The van der Waals surface area contributed by atoms with Gasteiger partial charge in [0.25, 0.3) is 5.91 Å². The molecule has 2 amide bonds. The van der Waals surface area contributed by atoms with Gasteiger partial charge in [0.05, 0.1) is 12.6 Å². The number of nitrogens with zero attached hydrogens (tertiary/aromatic N) is 2. The zero-order valence-corrected chi connectivity index (χ0v) is 15.3. The molecule has 146 valence electrons. The molecule has 2 aromatic carbocycles. The fraction of sp³-hybridized carbons (Fsp3) is 0.333. The van der Waals surface area contributed by atoms with Gasteiger partial charge >= 0.3 is 6.09 Å². The van der Waals surface area contributed by atoms with Crippen LogP contribution in [-0.4, -0.2) is 60.4 Å². The normalized spacial score (nSPS) is 23.8. The molecule has 3 atom stereocenters. The van der Waals surface area contributed by atoms with Crippen LogP contribution in [0.2, 0.25) is 0 Å². The number of piperazine rings is 1. The number of benzene rings is 2. The first-order chi connectivity index (χ1) is 13.6. The SMILES string of the molecule is O=C1NCC(C(c2ccccc2)N2CCN(C(=O)c3ccccc3)C(F)C2)O1. The summed E-state index contributed by atoms with van der Waals surface area (Å²) >= 11 is 0. The molecule has 7 heteroatoms. The van der Waals surface area contributed by atoms with Crippen molar-refractivity contribution in [1.29, 1.82) is 0 Å². The Morgan fingerprint density at radius 3 is 2.36 bits per heavy atom. The Hall–Kier alpha value is -2.93. The third kappa shape index (κ3) is 3.71. The number of carbonyl (C=O) groups excluding carboxylic acids is 2. The summed E-state index contributed by atoms with van der Waals surface area (Å²) in [5.74, 6) is -0.307. The van der Waals surface area contributed by atoms with Crippen LogP contribution in [0, 0.1) is 0 Å². The van der Waals surface area contributed by atoms with Crippen LogP contribution >= 0.6 is 0 Å². The molecule has 2 aliphatic heterocycles. The average Bonchev–Trinajstić information content (AvgIpc) is 3.15. The molecule has 2 aliphatic rings. The molecule has 0 spiro atoms. The number of rotatable bonds is 4. The number of nitrogens with one attached hydrogen (secondary N) is 1. The lowest BCUT2D eigenvalue weighted by atomic mass is 9.98. The quantitative estimate of drug-likeness (QED) is 0.825. The molecule has 0 radical (unpaired) electrons. The smallest absolute Gasteiger partial charge is 0.407 e. The fourth-order valence-corrected chi connectivity index (χ4v) is 3.88. The maximum absolute atomic E-state index is 15.0. The van der Waals surface area contributed by atoms with E-state index in [-0.39, 0.29) is 25.0 Å². The van der Waals surface area contributed by atoms with Crippen LogP contribution in [0.4, 0.5) is 9.18 Å². The predicted molar refractivity (Wildman–Crippen MR) is 101 cm³/mol. The Morgan fingerprint density at radius 1 is 1.07 bits per heavy atom. The standard InChI is InChI=1S/C21H22FN3O3/c22-18-14-24(11-12-25(18)20(26)16-9-5-2-6-10-16)19(15-7-3-1-4-8-15)17-13-23-21(27)28-17/h1-10,17-19H,11-14H2,(H,23,27). The van der Waals surface area contributed by atoms with Gasteiger partial charge in [-0.3, -0.25) is 9.69 Å². The maximum atomic E-state index is 15.0. The maximum Gasteiger partial charge on any atom is 0.407 e. The second-order valence-electron chi connectivity index (χ2n) is 6.97. The number of ether oxygens (including phenoxy) is 1. The lowest BCUT2D eigenvalue weighted by Crippen LogP contribution is -2.55. The summed E-state index contributed by atoms with van der Waals surface area (Å²) < 4.78 is 20.4. The third-order valence-electron chi connectivity index (χ3n) is 5.23. The minimum Gasteiger partial charge on any atom is -0.442 e. The van der Waals surface area contributed by atoms with Gasteiger partial charge in [-0.05, 0) is 17.7 Å². The second-order valence-corrected chi connectivity index (χ2v) is 6.97. The summed E-state index contributed by atoms with van der Waals surface area (Å²) in [7, 11) is 0. The molecule has 1 N–H and O–H groups in total. The van der Waals surface area contributed by atoms with Crippen molar-refractivity contribution in [2.45, 2.75) is 18.4 Å². The van der Waals surface area contributed by atoms with Crippen molar-refractivity contribution in [3.8, 4) is 0 Å². The van der Waals surface area contributed by atoms with E-state index in [0.29, 0.717) is 18.7 Å². The van der Waals surface area contributed by atoms with E-state index in [1.807, 2.05) is 41.3 Å². The molecular formula is C21H22FN3O3. The summed E-state index contributed by atoms with van der Waals surface area (Å²) in [4.78, 5) is 27.4. The van der Waals surface area contributed by atoms with Crippen LogP contribution in [0.5, 0.6) is 0 Å². The summed E-state index contributed by atoms with van der Waals surface area (Å²) in [6.07, 6.45) is -2.29. The minimum absolute atomic E-state index is 0.0617. The molecular weight excluding hydrogens is 361 g/mol. The van der Waals surface area contributed by atoms with Crippen LogP contribution in [0.3, 0.4) is 0 Å². The number of halogens is 1. The molecule has 6 nitrogen and oxygen atoms in total. The molecule has 2 heterocycles. The number of alkyl carbamates (subject to hydrolysis) is 1. The third-order valence-corrected chi connectivity index (χ3v) is 5.23. The highest BCUT2D eigenvalue weighted by Gasteiger charge is 2.40. The van der Waals surface area contributed by atoms with E-state index in [4.69, 9.17) is 4.74 Å². The minimum atomic E-state index is -1.43. The Kier molecular flexibility index (Phi) is 5.25. The molecule has 0 aromatic heterocycles. The van der Waals surface area contributed by atoms with Crippen molar-refractivity contribution in [1.82, 2.24) is 15.1 Å². The molecule has 3 unspecified atom stereocenters. The Morgan fingerprint density at radius 2 is 1.75 bits per heavy atom. The van der Waals surface area contributed by atoms with Crippen LogP contribution in [-0.2, 0) is 4.74 Å². The molecule has 2 saturated heterocycles. The van der Waals surface area contributed by atoms with Crippen LogP contribution in [0.25, 0.3) is 0 Å². The molecule has 0 bridgehead atoms. The molecule has 0 aliphatic carbocycles. The van der Waals surface area contributed by atoms with E-state index in [9.17, 15) is 9.59 Å². The molecule has 28 heavy (non-hydrogen) atoms. The average molecular weight is 383 g/mol. The van der Waals surface area contributed by atoms with Crippen molar-refractivity contribution in [3.63, 3.8) is 0 Å². The zero-order valence-electron chi connectivity index (χ0n) is 15.3. The van der Waals surface area contributed by atoms with E-state index in [1.54, 1.807) is 24.3 Å². The van der Waals surface area contributed by atoms with Gasteiger partial charge in [0.2, 0.25) is 0 Å². The van der Waals surface area contributed by atoms with Crippen molar-refractivity contribution >= 4 is 12.0 Å². The van der Waals surface area contributed by atoms with Gasteiger partial charge in [-0.1, -0.05) is 48.5 Å². The van der Waals surface area contributed by atoms with E-state index in [1.165, 1.54) is 4.90 Å². The van der Waals surface area contributed by atoms with Gasteiger partial charge in [-0.2, -0.15) is 0 Å². The lowest BCUT2D eigenvalue weighted by molar-refractivity contribution is -0.0291. The number of alkyl halides is 1. The van der Waals surface area contributed by atoms with E-state index in [0.717, 1.165) is 5.56 Å². The number of hydrogen-bond donors (Lipinski definition) is 1. The highest BCUT2D eigenvalue weighted by atomic mass is 19.1. The summed E-state index contributed by atoms with van der Waals surface area (Å²) in [6.45, 7) is 1.20. The summed E-state index contributed by atoms with van der Waals surface area (Å²) in [5.41, 5.74) is 1.44. The van der Waals surface area contributed by atoms with Gasteiger partial charge in [-0.15, -0.1) is 0 Å². The first kappa shape index (κ1) is 18.4. The van der Waals surface area contributed by atoms with Crippen molar-refractivity contribution in [2.75, 3.05) is 26.2 Å². The molecule has 2 fully saturated rings. The van der Waals surface area contributed by atoms with E-state index in [2.05, 4.69) is 5.32 Å². The Labute approximate surface area is 162 Å². The molecule has 4 rings (SSSR count). The Bertz CT molecular complexity index is 833. The zero-order chi connectivity index (χ0) is 19.5. The fourth-order valence-electron chi connectivity index (χ4n) is 3.88. The van der Waals surface area contributed by atoms with Crippen LogP contribution in [0.15, 0.2) is 60.7 Å². The van der Waals surface area contributed by atoms with E-state index < -0.39 is 18.5 Å². The topological polar surface area (TPSA) is 61.9 Å². The summed E-state index contributed by atoms with van der Waals surface area (Å²) in [6, 6.07) is 18.1. The van der Waals surface area contributed by atoms with Crippen LogP contribution < -0.4 is 5.32 Å². The largest absolute Gasteiger partial charge is 0.442 e. The second kappa shape index (κ2) is 7.98. The lowest BCUT2D eigenvalue weighted by Gasteiger charge is -2.42. The first-order valence-corrected chi connectivity index (χ1v) is 9.37. The first-order valence-electron chi connectivity index (χ1n) is 9.37. The Balaban J connectivity index is 1.52. The van der Waals surface area contributed by atoms with Crippen LogP contribution in [0.1, 0.15) is 22.0 Å². The molecule has 2 aromatic rings. The van der Waals surface area contributed by atoms with Gasteiger partial charge in [-0.25, -0.2) is 9.18 Å². The highest BCUT2D eigenvalue weighted by molar-refractivity contribution is 5.94. The van der Waals surface area contributed by atoms with Crippen molar-refractivity contribution < 1.29 is 18.7 Å². The van der Waals surface area contributed by atoms with Gasteiger partial charge in [0.15, 0.2) is 6.30 Å². The molecule has 0 saturated carbocycles. The van der Waals surface area contributed by atoms with E-state index >= 15 is 4.39 Å². The van der Waals surface area contributed by atoms with Gasteiger partial charge in [0, 0.05) is 25.2 Å². The number of carbonyl (C=O) groups is 2. The van der Waals surface area contributed by atoms with Crippen molar-refractivity contribution in [3.05, 3.63) is 71.8 Å². The van der Waals surface area contributed by atoms with Crippen molar-refractivity contribution in [2.24, 2.45) is 0 Å². The number of cyclic esters (lactones) is 1. The number of hydrogen-bond acceptors (Lipinski definition) is 4. The van der Waals surface area contributed by atoms with Gasteiger partial charge in [0.1, 0.15) is 6.10 Å². The highest BCUT2D eigenvalue weighted by Crippen LogP contribution is 2.31.